The smallest absolute Gasteiger partial charge is 0.249 e. The highest BCUT2D eigenvalue weighted by molar-refractivity contribution is 5.79. The van der Waals surface area contributed by atoms with Crippen molar-refractivity contribution < 1.29 is 14.0 Å². The molecule has 0 spiro atoms. The van der Waals surface area contributed by atoms with E-state index in [-0.39, 0.29) is 23.9 Å². The first-order valence-corrected chi connectivity index (χ1v) is 6.47. The number of hydrogen-bond acceptors (Lipinski definition) is 4. The molecule has 19 heavy (non-hydrogen) atoms. The third-order valence-electron chi connectivity index (χ3n) is 3.76. The quantitative estimate of drug-likeness (QED) is 0.871. The van der Waals surface area contributed by atoms with Gasteiger partial charge in [0.2, 0.25) is 5.91 Å². The number of pyridine rings is 1. The summed E-state index contributed by atoms with van der Waals surface area (Å²) in [5.41, 5.74) is 6.38. The van der Waals surface area contributed by atoms with Crippen molar-refractivity contribution in [3.63, 3.8) is 0 Å². The van der Waals surface area contributed by atoms with Crippen LogP contribution in [0.1, 0.15) is 30.9 Å². The summed E-state index contributed by atoms with van der Waals surface area (Å²) in [6.45, 7) is 0.464. The SMILES string of the molecule is N[C@H]1C[C@@H](C(=O)N2OCC[C@H]2c2cncc(F)c2)C1. The van der Waals surface area contributed by atoms with Gasteiger partial charge >= 0.3 is 0 Å². The van der Waals surface area contributed by atoms with Crippen LogP contribution < -0.4 is 5.73 Å². The Bertz CT molecular complexity index is 491. The number of hydroxylamine groups is 2. The van der Waals surface area contributed by atoms with Crippen LogP contribution in [0, 0.1) is 11.7 Å². The van der Waals surface area contributed by atoms with Gasteiger partial charge in [-0.15, -0.1) is 0 Å². The molecule has 1 aromatic heterocycles. The van der Waals surface area contributed by atoms with Crippen LogP contribution in [0.4, 0.5) is 4.39 Å². The van der Waals surface area contributed by atoms with E-state index in [1.54, 1.807) is 6.20 Å². The van der Waals surface area contributed by atoms with Crippen molar-refractivity contribution in [1.82, 2.24) is 10.0 Å². The fraction of sp³-hybridized carbons (Fsp3) is 0.538. The van der Waals surface area contributed by atoms with Crippen LogP contribution in [0.2, 0.25) is 0 Å². The van der Waals surface area contributed by atoms with E-state index in [9.17, 15) is 9.18 Å². The molecule has 0 unspecified atom stereocenters. The summed E-state index contributed by atoms with van der Waals surface area (Å²) in [5, 5.41) is 1.38. The zero-order chi connectivity index (χ0) is 13.4. The van der Waals surface area contributed by atoms with Gasteiger partial charge in [-0.2, -0.15) is 0 Å². The van der Waals surface area contributed by atoms with Gasteiger partial charge in [0.1, 0.15) is 5.82 Å². The molecule has 1 aromatic rings. The summed E-state index contributed by atoms with van der Waals surface area (Å²) in [7, 11) is 0. The second-order valence-electron chi connectivity index (χ2n) is 5.17. The first-order chi connectivity index (χ1) is 9.15. The van der Waals surface area contributed by atoms with Crippen molar-refractivity contribution in [3.8, 4) is 0 Å². The standard InChI is InChI=1S/C13H16FN3O2/c14-10-3-9(6-16-7-10)12-1-2-19-17(12)13(18)8-4-11(15)5-8/h3,6-8,11-12H,1-2,4-5,15H2/t8-,11+,12-/m0/s1. The minimum atomic E-state index is -0.400. The molecule has 1 aliphatic carbocycles. The molecule has 2 fully saturated rings. The second kappa shape index (κ2) is 4.86. The summed E-state index contributed by atoms with van der Waals surface area (Å²) in [4.78, 5) is 21.5. The monoisotopic (exact) mass is 265 g/mol. The van der Waals surface area contributed by atoms with Crippen molar-refractivity contribution in [2.45, 2.75) is 31.3 Å². The lowest BCUT2D eigenvalue weighted by Gasteiger charge is -2.35. The van der Waals surface area contributed by atoms with E-state index in [0.29, 0.717) is 31.4 Å². The van der Waals surface area contributed by atoms with Crippen molar-refractivity contribution in [1.29, 1.82) is 0 Å². The normalized spacial score (nSPS) is 30.2. The Hall–Kier alpha value is -1.53. The highest BCUT2D eigenvalue weighted by Crippen LogP contribution is 2.35. The second-order valence-corrected chi connectivity index (χ2v) is 5.17. The molecule has 0 radical (unpaired) electrons. The number of amides is 1. The molecule has 0 bridgehead atoms. The molecule has 2 heterocycles. The molecule has 1 aliphatic heterocycles. The average Bonchev–Trinajstić information content (AvgIpc) is 2.83. The fourth-order valence-electron chi connectivity index (χ4n) is 2.64. The lowest BCUT2D eigenvalue weighted by atomic mass is 9.80. The fourth-order valence-corrected chi connectivity index (χ4v) is 2.64. The van der Waals surface area contributed by atoms with E-state index in [1.807, 2.05) is 0 Å². The molecule has 1 atom stereocenters. The maximum absolute atomic E-state index is 13.2. The molecule has 0 aromatic carbocycles. The van der Waals surface area contributed by atoms with Gasteiger partial charge < -0.3 is 5.73 Å². The molecule has 2 aliphatic rings. The molecule has 1 amide bonds. The first-order valence-electron chi connectivity index (χ1n) is 6.47. The van der Waals surface area contributed by atoms with Crippen LogP contribution in [0.5, 0.6) is 0 Å². The molecule has 3 rings (SSSR count). The van der Waals surface area contributed by atoms with E-state index in [2.05, 4.69) is 4.98 Å². The lowest BCUT2D eigenvalue weighted by molar-refractivity contribution is -0.185. The Morgan fingerprint density at radius 1 is 1.47 bits per heavy atom. The Balaban J connectivity index is 1.76. The largest absolute Gasteiger partial charge is 0.328 e. The van der Waals surface area contributed by atoms with Gasteiger partial charge in [-0.1, -0.05) is 0 Å². The third-order valence-corrected chi connectivity index (χ3v) is 3.76. The van der Waals surface area contributed by atoms with Gasteiger partial charge in [0.25, 0.3) is 0 Å². The number of carbonyl (C=O) groups is 1. The van der Waals surface area contributed by atoms with Crippen molar-refractivity contribution >= 4 is 5.91 Å². The molecular weight excluding hydrogens is 249 g/mol. The first kappa shape index (κ1) is 12.5. The van der Waals surface area contributed by atoms with Crippen molar-refractivity contribution in [3.05, 3.63) is 29.8 Å². The van der Waals surface area contributed by atoms with Crippen LogP contribution in [-0.2, 0) is 9.63 Å². The van der Waals surface area contributed by atoms with E-state index in [0.717, 1.165) is 6.20 Å². The highest BCUT2D eigenvalue weighted by atomic mass is 19.1. The van der Waals surface area contributed by atoms with E-state index in [1.165, 1.54) is 11.1 Å². The summed E-state index contributed by atoms with van der Waals surface area (Å²) in [5.74, 6) is -0.506. The van der Waals surface area contributed by atoms with Gasteiger partial charge in [0.15, 0.2) is 0 Å². The number of nitrogens with two attached hydrogens (primary N) is 1. The van der Waals surface area contributed by atoms with E-state index in [4.69, 9.17) is 10.6 Å². The number of hydrogen-bond donors (Lipinski definition) is 1. The Labute approximate surface area is 110 Å². The minimum Gasteiger partial charge on any atom is -0.328 e. The van der Waals surface area contributed by atoms with Crippen LogP contribution in [-0.4, -0.2) is 28.6 Å². The van der Waals surface area contributed by atoms with Gasteiger partial charge in [-0.05, 0) is 24.5 Å². The van der Waals surface area contributed by atoms with Crippen LogP contribution in [0.15, 0.2) is 18.5 Å². The number of rotatable bonds is 2. The van der Waals surface area contributed by atoms with Gasteiger partial charge in [-0.25, -0.2) is 9.45 Å². The van der Waals surface area contributed by atoms with Crippen molar-refractivity contribution in [2.24, 2.45) is 11.7 Å². The zero-order valence-corrected chi connectivity index (χ0v) is 10.5. The summed E-state index contributed by atoms with van der Waals surface area (Å²) in [6.07, 6.45) is 4.79. The topological polar surface area (TPSA) is 68.5 Å². The van der Waals surface area contributed by atoms with E-state index >= 15 is 0 Å². The third kappa shape index (κ3) is 2.33. The predicted octanol–water partition coefficient (Wildman–Crippen LogP) is 1.16. The maximum Gasteiger partial charge on any atom is 0.249 e. The van der Waals surface area contributed by atoms with Gasteiger partial charge in [0.05, 0.1) is 18.8 Å². The molecule has 1 saturated carbocycles. The summed E-state index contributed by atoms with van der Waals surface area (Å²) >= 11 is 0. The number of aromatic nitrogens is 1. The predicted molar refractivity (Wildman–Crippen MR) is 65.1 cm³/mol. The Morgan fingerprint density at radius 2 is 2.26 bits per heavy atom. The lowest BCUT2D eigenvalue weighted by Crippen LogP contribution is -2.46. The molecule has 102 valence electrons. The molecule has 5 nitrogen and oxygen atoms in total. The Kier molecular flexibility index (Phi) is 3.20. The van der Waals surface area contributed by atoms with E-state index < -0.39 is 5.82 Å². The highest BCUT2D eigenvalue weighted by Gasteiger charge is 2.40. The number of halogens is 1. The van der Waals surface area contributed by atoms with Gasteiger partial charge in [0, 0.05) is 24.6 Å². The molecule has 6 heteroatoms. The molecule has 2 N–H and O–H groups in total. The van der Waals surface area contributed by atoms with Gasteiger partial charge in [-0.3, -0.25) is 14.6 Å². The summed E-state index contributed by atoms with van der Waals surface area (Å²) in [6, 6.07) is 1.28. The zero-order valence-electron chi connectivity index (χ0n) is 10.5. The molecular formula is C13H16FN3O2. The maximum atomic E-state index is 13.2. The molecule has 1 saturated heterocycles. The number of nitrogens with zero attached hydrogens (tertiary/aromatic N) is 2. The van der Waals surface area contributed by atoms with Crippen molar-refractivity contribution in [2.75, 3.05) is 6.61 Å². The minimum absolute atomic E-state index is 0.0477. The average molecular weight is 265 g/mol. The Morgan fingerprint density at radius 3 is 2.95 bits per heavy atom. The number of carbonyl (C=O) groups excluding carboxylic acids is 1. The summed E-state index contributed by atoms with van der Waals surface area (Å²) < 4.78 is 13.2. The van der Waals surface area contributed by atoms with Crippen LogP contribution >= 0.6 is 0 Å². The van der Waals surface area contributed by atoms with Crippen LogP contribution in [0.3, 0.4) is 0 Å². The van der Waals surface area contributed by atoms with Crippen LogP contribution in [0.25, 0.3) is 0 Å².